The zero-order chi connectivity index (χ0) is 15.4. The van der Waals surface area contributed by atoms with Gasteiger partial charge in [0.15, 0.2) is 0 Å². The third-order valence-corrected chi connectivity index (χ3v) is 3.67. The molecule has 0 spiro atoms. The van der Waals surface area contributed by atoms with Crippen LogP contribution in [0.5, 0.6) is 5.75 Å². The van der Waals surface area contributed by atoms with Crippen LogP contribution in [-0.4, -0.2) is 16.2 Å². The number of hydrogen-bond acceptors (Lipinski definition) is 3. The van der Waals surface area contributed by atoms with E-state index >= 15 is 0 Å². The number of nitrogens with zero attached hydrogens (tertiary/aromatic N) is 2. The molecule has 21 heavy (non-hydrogen) atoms. The van der Waals surface area contributed by atoms with Gasteiger partial charge in [-0.3, -0.25) is 9.36 Å². The largest absolute Gasteiger partial charge is 0.496 e. The van der Waals surface area contributed by atoms with Gasteiger partial charge in [-0.2, -0.15) is 0 Å². The Hall–Kier alpha value is -1.82. The van der Waals surface area contributed by atoms with Crippen LogP contribution in [0.1, 0.15) is 18.9 Å². The van der Waals surface area contributed by atoms with Crippen LogP contribution in [0, 0.1) is 0 Å². The maximum Gasteiger partial charge on any atom is 0.331 e. The van der Waals surface area contributed by atoms with Gasteiger partial charge in [-0.15, -0.1) is 0 Å². The van der Waals surface area contributed by atoms with Gasteiger partial charge in [0.1, 0.15) is 5.75 Å². The van der Waals surface area contributed by atoms with E-state index in [1.54, 1.807) is 23.9 Å². The van der Waals surface area contributed by atoms with Gasteiger partial charge in [-0.25, -0.2) is 4.79 Å². The van der Waals surface area contributed by atoms with Gasteiger partial charge in [0.25, 0.3) is 5.56 Å². The summed E-state index contributed by atoms with van der Waals surface area (Å²) in [5.74, 6) is 0.649. The lowest BCUT2D eigenvalue weighted by atomic mass is 10.2. The molecular weight excluding hydrogens is 336 g/mol. The summed E-state index contributed by atoms with van der Waals surface area (Å²) < 4.78 is 8.93. The molecule has 0 radical (unpaired) electrons. The number of benzene rings is 1. The van der Waals surface area contributed by atoms with Crippen LogP contribution in [0.15, 0.2) is 44.5 Å². The number of hydrogen-bond donors (Lipinski definition) is 0. The second-order valence-electron chi connectivity index (χ2n) is 4.67. The number of aromatic nitrogens is 2. The molecule has 0 saturated heterocycles. The van der Waals surface area contributed by atoms with Crippen molar-refractivity contribution < 1.29 is 4.74 Å². The fraction of sp³-hybridized carbons (Fsp3) is 0.333. The molecule has 2 rings (SSSR count). The molecule has 0 fully saturated rings. The summed E-state index contributed by atoms with van der Waals surface area (Å²) in [6.07, 6.45) is 2.38. The lowest BCUT2D eigenvalue weighted by molar-refractivity contribution is 0.407. The molecule has 0 aliphatic carbocycles. The third kappa shape index (κ3) is 3.44. The molecule has 0 bridgehead atoms. The Balaban J connectivity index is 2.49. The van der Waals surface area contributed by atoms with Crippen molar-refractivity contribution in [2.75, 3.05) is 7.11 Å². The van der Waals surface area contributed by atoms with Gasteiger partial charge >= 0.3 is 5.69 Å². The van der Waals surface area contributed by atoms with Crippen LogP contribution in [0.3, 0.4) is 0 Å². The summed E-state index contributed by atoms with van der Waals surface area (Å²) in [6.45, 7) is 2.76. The average Bonchev–Trinajstić information content (AvgIpc) is 2.47. The SMILES string of the molecule is CCCn1ccc(=O)n(Cc2cc(Br)ccc2OC)c1=O. The maximum atomic E-state index is 12.3. The van der Waals surface area contributed by atoms with E-state index in [0.717, 1.165) is 16.5 Å². The van der Waals surface area contributed by atoms with Crippen LogP contribution in [0.25, 0.3) is 0 Å². The maximum absolute atomic E-state index is 12.3. The van der Waals surface area contributed by atoms with E-state index in [1.807, 2.05) is 19.1 Å². The fourth-order valence-electron chi connectivity index (χ4n) is 2.15. The zero-order valence-corrected chi connectivity index (χ0v) is 13.6. The Morgan fingerprint density at radius 3 is 2.67 bits per heavy atom. The molecule has 0 N–H and O–H groups in total. The normalized spacial score (nSPS) is 10.6. The fourth-order valence-corrected chi connectivity index (χ4v) is 2.56. The number of halogens is 1. The molecule has 0 aliphatic rings. The van der Waals surface area contributed by atoms with E-state index in [1.165, 1.54) is 10.6 Å². The van der Waals surface area contributed by atoms with Crippen molar-refractivity contribution in [3.05, 3.63) is 61.3 Å². The first-order chi connectivity index (χ1) is 10.1. The molecule has 1 heterocycles. The molecule has 0 amide bonds. The first-order valence-corrected chi connectivity index (χ1v) is 7.48. The molecule has 112 valence electrons. The minimum Gasteiger partial charge on any atom is -0.496 e. The van der Waals surface area contributed by atoms with Crippen molar-refractivity contribution in [2.24, 2.45) is 0 Å². The topological polar surface area (TPSA) is 53.2 Å². The number of ether oxygens (including phenoxy) is 1. The highest BCUT2D eigenvalue weighted by atomic mass is 79.9. The van der Waals surface area contributed by atoms with E-state index in [4.69, 9.17) is 4.74 Å². The predicted molar refractivity (Wildman–Crippen MR) is 85.0 cm³/mol. The minimum atomic E-state index is -0.311. The van der Waals surface area contributed by atoms with E-state index in [0.29, 0.717) is 12.3 Å². The molecule has 2 aromatic rings. The summed E-state index contributed by atoms with van der Waals surface area (Å²) in [4.78, 5) is 24.3. The van der Waals surface area contributed by atoms with Gasteiger partial charge < -0.3 is 9.30 Å². The summed E-state index contributed by atoms with van der Waals surface area (Å²) in [5.41, 5.74) is 0.168. The van der Waals surface area contributed by atoms with Crippen LogP contribution < -0.4 is 16.0 Å². The Morgan fingerprint density at radius 1 is 1.24 bits per heavy atom. The summed E-state index contributed by atoms with van der Waals surface area (Å²) in [5, 5.41) is 0. The highest BCUT2D eigenvalue weighted by molar-refractivity contribution is 9.10. The van der Waals surface area contributed by atoms with Gasteiger partial charge in [0, 0.05) is 28.8 Å². The molecular formula is C15H17BrN2O3. The first-order valence-electron chi connectivity index (χ1n) is 6.69. The highest BCUT2D eigenvalue weighted by Gasteiger charge is 2.10. The summed E-state index contributed by atoms with van der Waals surface area (Å²) in [7, 11) is 1.57. The predicted octanol–water partition coefficient (Wildman–Crippen LogP) is 2.24. The quantitative estimate of drug-likeness (QED) is 0.829. The van der Waals surface area contributed by atoms with Crippen molar-refractivity contribution in [1.29, 1.82) is 0 Å². The monoisotopic (exact) mass is 352 g/mol. The average molecular weight is 353 g/mol. The van der Waals surface area contributed by atoms with Crippen molar-refractivity contribution >= 4 is 15.9 Å². The van der Waals surface area contributed by atoms with Gasteiger partial charge in [-0.1, -0.05) is 22.9 Å². The van der Waals surface area contributed by atoms with Crippen LogP contribution >= 0.6 is 15.9 Å². The van der Waals surface area contributed by atoms with E-state index in [-0.39, 0.29) is 17.8 Å². The molecule has 6 heteroatoms. The van der Waals surface area contributed by atoms with Crippen molar-refractivity contribution in [3.8, 4) is 5.75 Å². The lowest BCUT2D eigenvalue weighted by Crippen LogP contribution is -2.39. The zero-order valence-electron chi connectivity index (χ0n) is 12.0. The van der Waals surface area contributed by atoms with Crippen molar-refractivity contribution in [3.63, 3.8) is 0 Å². The Kier molecular flexibility index (Phi) is 5.01. The number of aryl methyl sites for hydroxylation is 1. The number of methoxy groups -OCH3 is 1. The standard InChI is InChI=1S/C15H17BrN2O3/c1-3-7-17-8-6-14(19)18(15(17)20)10-11-9-12(16)4-5-13(11)21-2/h4-6,8-9H,3,7,10H2,1-2H3. The second kappa shape index (κ2) is 6.76. The van der Waals surface area contributed by atoms with E-state index in [2.05, 4.69) is 15.9 Å². The molecule has 0 aliphatic heterocycles. The molecule has 0 unspecified atom stereocenters. The third-order valence-electron chi connectivity index (χ3n) is 3.18. The molecule has 1 aromatic heterocycles. The van der Waals surface area contributed by atoms with Gasteiger partial charge in [0.2, 0.25) is 0 Å². The highest BCUT2D eigenvalue weighted by Crippen LogP contribution is 2.23. The molecule has 0 atom stereocenters. The van der Waals surface area contributed by atoms with Crippen LogP contribution in [0.4, 0.5) is 0 Å². The lowest BCUT2D eigenvalue weighted by Gasteiger charge is -2.12. The number of rotatable bonds is 5. The molecule has 1 aromatic carbocycles. The van der Waals surface area contributed by atoms with Crippen LogP contribution in [-0.2, 0) is 13.1 Å². The Labute approximate surface area is 130 Å². The van der Waals surface area contributed by atoms with Gasteiger partial charge in [0.05, 0.1) is 13.7 Å². The van der Waals surface area contributed by atoms with Crippen molar-refractivity contribution in [2.45, 2.75) is 26.4 Å². The van der Waals surface area contributed by atoms with Gasteiger partial charge in [-0.05, 0) is 24.6 Å². The van der Waals surface area contributed by atoms with E-state index < -0.39 is 0 Å². The Bertz CT molecular complexity index is 749. The summed E-state index contributed by atoms with van der Waals surface area (Å²) in [6, 6.07) is 6.92. The van der Waals surface area contributed by atoms with E-state index in [9.17, 15) is 9.59 Å². The van der Waals surface area contributed by atoms with Crippen LogP contribution in [0.2, 0.25) is 0 Å². The Morgan fingerprint density at radius 2 is 2.00 bits per heavy atom. The summed E-state index contributed by atoms with van der Waals surface area (Å²) >= 11 is 3.39. The molecule has 5 nitrogen and oxygen atoms in total. The minimum absolute atomic E-state index is 0.185. The smallest absolute Gasteiger partial charge is 0.331 e. The van der Waals surface area contributed by atoms with Crippen molar-refractivity contribution in [1.82, 2.24) is 9.13 Å². The molecule has 0 saturated carbocycles. The second-order valence-corrected chi connectivity index (χ2v) is 5.59. The first kappa shape index (κ1) is 15.6.